The Morgan fingerprint density at radius 2 is 1.67 bits per heavy atom. The van der Waals surface area contributed by atoms with E-state index in [1.165, 1.54) is 0 Å². The number of carbonyl (C=O) groups excluding carboxylic acids is 1. The van der Waals surface area contributed by atoms with Crippen LogP contribution in [0.4, 0.5) is 0 Å². The van der Waals surface area contributed by atoms with Crippen LogP contribution in [0, 0.1) is 0 Å². The minimum absolute atomic E-state index is 0.107. The maximum absolute atomic E-state index is 12.1. The van der Waals surface area contributed by atoms with Crippen LogP contribution in [0.25, 0.3) is 11.3 Å². The summed E-state index contributed by atoms with van der Waals surface area (Å²) in [5, 5.41) is 0. The van der Waals surface area contributed by atoms with Gasteiger partial charge in [0.05, 0.1) is 34.5 Å². The van der Waals surface area contributed by atoms with E-state index >= 15 is 0 Å². The molecule has 0 bridgehead atoms. The average Bonchev–Trinajstić information content (AvgIpc) is 2.62. The quantitative estimate of drug-likeness (QED) is 0.606. The fourth-order valence-corrected chi connectivity index (χ4v) is 3.79. The fourth-order valence-electron chi connectivity index (χ4n) is 2.59. The van der Waals surface area contributed by atoms with Crippen molar-refractivity contribution in [1.82, 2.24) is 9.97 Å². The van der Waals surface area contributed by atoms with Crippen LogP contribution in [0.5, 0.6) is 0 Å². The second kappa shape index (κ2) is 9.22. The van der Waals surface area contributed by atoms with Crippen molar-refractivity contribution in [3.8, 4) is 11.3 Å². The van der Waals surface area contributed by atoms with Gasteiger partial charge >= 0.3 is 0 Å². The Hall–Kier alpha value is -2.08. The lowest BCUT2D eigenvalue weighted by atomic mass is 10.1. The maximum atomic E-state index is 12.1. The average molecular weight is 389 g/mol. The number of benzene rings is 1. The third kappa shape index (κ3) is 6.54. The topological polar surface area (TPSA) is 77.0 Å². The van der Waals surface area contributed by atoms with Crippen LogP contribution in [-0.4, -0.2) is 34.7 Å². The normalized spacial score (nSPS) is 12.1. The van der Waals surface area contributed by atoms with Gasteiger partial charge in [-0.25, -0.2) is 8.42 Å². The second-order valence-electron chi connectivity index (χ2n) is 7.72. The molecule has 0 N–H and O–H groups in total. The maximum Gasteiger partial charge on any atom is 0.155 e. The predicted molar refractivity (Wildman–Crippen MR) is 108 cm³/mol. The highest BCUT2D eigenvalue weighted by Gasteiger charge is 2.27. The molecule has 6 heteroatoms. The van der Waals surface area contributed by atoms with Crippen molar-refractivity contribution in [3.05, 3.63) is 48.4 Å². The number of ketones is 1. The molecule has 0 atom stereocenters. The number of rotatable bonds is 9. The van der Waals surface area contributed by atoms with Gasteiger partial charge in [0.1, 0.15) is 5.78 Å². The predicted octanol–water partition coefficient (Wildman–Crippen LogP) is 4.03. The van der Waals surface area contributed by atoms with Crippen molar-refractivity contribution in [2.24, 2.45) is 0 Å². The van der Waals surface area contributed by atoms with Gasteiger partial charge < -0.3 is 0 Å². The van der Waals surface area contributed by atoms with Gasteiger partial charge in [0.25, 0.3) is 0 Å². The number of sulfone groups is 1. The molecule has 146 valence electrons. The van der Waals surface area contributed by atoms with Gasteiger partial charge in [-0.3, -0.25) is 14.8 Å². The lowest BCUT2D eigenvalue weighted by Gasteiger charge is -2.18. The second-order valence-corrected chi connectivity index (χ2v) is 10.6. The highest BCUT2D eigenvalue weighted by molar-refractivity contribution is 7.92. The molecule has 5 nitrogen and oxygen atoms in total. The molecule has 0 aliphatic carbocycles. The van der Waals surface area contributed by atoms with Crippen molar-refractivity contribution in [1.29, 1.82) is 0 Å². The fraction of sp³-hybridized carbons (Fsp3) is 0.476. The molecule has 0 fully saturated rings. The number of aromatic nitrogens is 2. The molecular formula is C21H28N2O3S. The molecule has 0 aliphatic heterocycles. The van der Waals surface area contributed by atoms with Gasteiger partial charge in [-0.15, -0.1) is 0 Å². The summed E-state index contributed by atoms with van der Waals surface area (Å²) in [7, 11) is -3.08. The molecule has 1 aromatic carbocycles. The smallest absolute Gasteiger partial charge is 0.155 e. The molecule has 27 heavy (non-hydrogen) atoms. The van der Waals surface area contributed by atoms with Crippen LogP contribution < -0.4 is 0 Å². The standard InChI is InChI=1S/C21H28N2O3S/c1-21(2,3)27(25,26)13-9-5-8-12-19(24)14-18-15-23-20(16-22-18)17-10-6-4-7-11-17/h4,6-7,10-11,15-16H,5,8-9,12-14H2,1-3H3. The van der Waals surface area contributed by atoms with Crippen LogP contribution >= 0.6 is 0 Å². The Labute approximate surface area is 162 Å². The number of unbranched alkanes of at least 4 members (excludes halogenated alkanes) is 2. The molecule has 1 aromatic heterocycles. The summed E-state index contributed by atoms with van der Waals surface area (Å²) in [6, 6.07) is 9.77. The number of carbonyl (C=O) groups is 1. The first kappa shape index (κ1) is 21.2. The lowest BCUT2D eigenvalue weighted by molar-refractivity contribution is -0.118. The number of hydrogen-bond acceptors (Lipinski definition) is 5. The Morgan fingerprint density at radius 3 is 2.26 bits per heavy atom. The third-order valence-electron chi connectivity index (χ3n) is 4.45. The first-order valence-corrected chi connectivity index (χ1v) is 10.9. The molecule has 0 saturated carbocycles. The monoisotopic (exact) mass is 388 g/mol. The minimum Gasteiger partial charge on any atom is -0.299 e. The summed E-state index contributed by atoms with van der Waals surface area (Å²) in [4.78, 5) is 20.8. The molecular weight excluding hydrogens is 360 g/mol. The third-order valence-corrected chi connectivity index (χ3v) is 7.15. The van der Waals surface area contributed by atoms with E-state index in [9.17, 15) is 13.2 Å². The zero-order valence-corrected chi connectivity index (χ0v) is 17.1. The summed E-state index contributed by atoms with van der Waals surface area (Å²) in [5.41, 5.74) is 2.44. The molecule has 0 unspecified atom stereocenters. The highest BCUT2D eigenvalue weighted by Crippen LogP contribution is 2.18. The van der Waals surface area contributed by atoms with Crippen LogP contribution in [0.2, 0.25) is 0 Å². The van der Waals surface area contributed by atoms with Gasteiger partial charge in [-0.1, -0.05) is 36.8 Å². The molecule has 0 saturated heterocycles. The van der Waals surface area contributed by atoms with Crippen molar-refractivity contribution in [2.45, 2.75) is 57.6 Å². The first-order valence-electron chi connectivity index (χ1n) is 9.29. The molecule has 0 aliphatic rings. The zero-order chi connectivity index (χ0) is 19.9. The molecule has 0 spiro atoms. The van der Waals surface area contributed by atoms with E-state index in [4.69, 9.17) is 0 Å². The first-order chi connectivity index (χ1) is 12.7. The summed E-state index contributed by atoms with van der Waals surface area (Å²) in [6.45, 7) is 5.15. The van der Waals surface area contributed by atoms with Crippen LogP contribution in [0.3, 0.4) is 0 Å². The Morgan fingerprint density at radius 1 is 0.963 bits per heavy atom. The Bertz CT molecular complexity index is 839. The van der Waals surface area contributed by atoms with Crippen molar-refractivity contribution in [2.75, 3.05) is 5.75 Å². The molecule has 2 rings (SSSR count). The summed E-state index contributed by atoms with van der Waals surface area (Å²) >= 11 is 0. The summed E-state index contributed by atoms with van der Waals surface area (Å²) in [5.74, 6) is 0.285. The number of nitrogens with zero attached hydrogens (tertiary/aromatic N) is 2. The van der Waals surface area contributed by atoms with Gasteiger partial charge in [0.15, 0.2) is 9.84 Å². The van der Waals surface area contributed by atoms with Crippen LogP contribution in [-0.2, 0) is 21.1 Å². The number of hydrogen-bond donors (Lipinski definition) is 0. The highest BCUT2D eigenvalue weighted by atomic mass is 32.2. The zero-order valence-electron chi connectivity index (χ0n) is 16.3. The minimum atomic E-state index is -3.08. The van der Waals surface area contributed by atoms with Gasteiger partial charge in [0, 0.05) is 18.2 Å². The van der Waals surface area contributed by atoms with Gasteiger partial charge in [-0.05, 0) is 33.6 Å². The molecule has 1 heterocycles. The van der Waals surface area contributed by atoms with E-state index in [2.05, 4.69) is 9.97 Å². The summed E-state index contributed by atoms with van der Waals surface area (Å²) < 4.78 is 23.4. The van der Waals surface area contributed by atoms with Crippen molar-refractivity contribution >= 4 is 15.6 Å². The Balaban J connectivity index is 1.73. The lowest BCUT2D eigenvalue weighted by Crippen LogP contribution is -2.30. The van der Waals surface area contributed by atoms with Gasteiger partial charge in [0.2, 0.25) is 0 Å². The van der Waals surface area contributed by atoms with E-state index in [1.54, 1.807) is 33.2 Å². The summed E-state index contributed by atoms with van der Waals surface area (Å²) in [6.07, 6.45) is 6.08. The Kier molecular flexibility index (Phi) is 7.25. The SMILES string of the molecule is CC(C)(C)S(=O)(=O)CCCCCC(=O)Cc1cnc(-c2ccccc2)cn1. The van der Waals surface area contributed by atoms with E-state index in [1.807, 2.05) is 30.3 Å². The van der Waals surface area contributed by atoms with E-state index < -0.39 is 14.6 Å². The molecule has 0 radical (unpaired) electrons. The van der Waals surface area contributed by atoms with Crippen LogP contribution in [0.1, 0.15) is 52.1 Å². The van der Waals surface area contributed by atoms with E-state index in [-0.39, 0.29) is 18.0 Å². The van der Waals surface area contributed by atoms with Crippen molar-refractivity contribution < 1.29 is 13.2 Å². The van der Waals surface area contributed by atoms with E-state index in [0.29, 0.717) is 25.0 Å². The van der Waals surface area contributed by atoms with Crippen molar-refractivity contribution in [3.63, 3.8) is 0 Å². The molecule has 2 aromatic rings. The number of Topliss-reactive ketones (excluding diaryl/α,β-unsaturated/α-hetero) is 1. The largest absolute Gasteiger partial charge is 0.299 e. The molecule has 0 amide bonds. The van der Waals surface area contributed by atoms with Gasteiger partial charge in [-0.2, -0.15) is 0 Å². The van der Waals surface area contributed by atoms with E-state index in [0.717, 1.165) is 17.7 Å². The van der Waals surface area contributed by atoms with Crippen LogP contribution in [0.15, 0.2) is 42.7 Å².